The van der Waals surface area contributed by atoms with Gasteiger partial charge in [0.25, 0.3) is 0 Å². The predicted molar refractivity (Wildman–Crippen MR) is 112 cm³/mol. The van der Waals surface area contributed by atoms with Crippen LogP contribution in [0.25, 0.3) is 11.0 Å². The van der Waals surface area contributed by atoms with E-state index >= 15 is 0 Å². The highest BCUT2D eigenvalue weighted by Gasteiger charge is 2.38. The summed E-state index contributed by atoms with van der Waals surface area (Å²) in [5.41, 5.74) is 2.70. The monoisotopic (exact) mass is 412 g/mol. The summed E-state index contributed by atoms with van der Waals surface area (Å²) in [4.78, 5) is 13.1. The smallest absolute Gasteiger partial charge is 0.239 e. The zero-order chi connectivity index (χ0) is 20.6. The van der Waals surface area contributed by atoms with Crippen molar-refractivity contribution in [2.45, 2.75) is 38.9 Å². The number of amides is 1. The SMILES string of the molecule is CCS(=O)(=O)N1Cc2ccccc2CC1C(=O)NC(C)c1cc2ccccc2o1. The number of benzene rings is 2. The average molecular weight is 413 g/mol. The third kappa shape index (κ3) is 3.80. The molecule has 152 valence electrons. The highest BCUT2D eigenvalue weighted by Crippen LogP contribution is 2.28. The van der Waals surface area contributed by atoms with Crippen LogP contribution < -0.4 is 5.32 Å². The van der Waals surface area contributed by atoms with Gasteiger partial charge < -0.3 is 9.73 Å². The molecular formula is C22H24N2O4S. The lowest BCUT2D eigenvalue weighted by Crippen LogP contribution is -2.53. The van der Waals surface area contributed by atoms with Crippen molar-refractivity contribution in [2.24, 2.45) is 0 Å². The molecule has 4 rings (SSSR count). The first-order valence-electron chi connectivity index (χ1n) is 9.74. The minimum absolute atomic E-state index is 0.0436. The van der Waals surface area contributed by atoms with Gasteiger partial charge >= 0.3 is 0 Å². The van der Waals surface area contributed by atoms with E-state index in [2.05, 4.69) is 5.32 Å². The number of rotatable bonds is 5. The van der Waals surface area contributed by atoms with Crippen LogP contribution in [0.2, 0.25) is 0 Å². The van der Waals surface area contributed by atoms with E-state index < -0.39 is 16.1 Å². The van der Waals surface area contributed by atoms with Crippen molar-refractivity contribution in [3.8, 4) is 0 Å². The van der Waals surface area contributed by atoms with E-state index in [4.69, 9.17) is 4.42 Å². The zero-order valence-electron chi connectivity index (χ0n) is 16.5. The Labute approximate surface area is 170 Å². The lowest BCUT2D eigenvalue weighted by molar-refractivity contribution is -0.126. The second kappa shape index (κ2) is 7.65. The molecule has 1 N–H and O–H groups in total. The van der Waals surface area contributed by atoms with E-state index in [1.54, 1.807) is 6.92 Å². The fourth-order valence-electron chi connectivity index (χ4n) is 3.78. The van der Waals surface area contributed by atoms with Gasteiger partial charge in [0.1, 0.15) is 17.4 Å². The molecule has 2 aromatic carbocycles. The first-order chi connectivity index (χ1) is 13.9. The minimum Gasteiger partial charge on any atom is -0.459 e. The molecule has 1 aromatic heterocycles. The molecule has 0 bridgehead atoms. The molecule has 6 nitrogen and oxygen atoms in total. The number of carbonyl (C=O) groups is 1. The maximum atomic E-state index is 13.1. The van der Waals surface area contributed by atoms with Crippen molar-refractivity contribution in [1.82, 2.24) is 9.62 Å². The van der Waals surface area contributed by atoms with Crippen molar-refractivity contribution in [1.29, 1.82) is 0 Å². The van der Waals surface area contributed by atoms with Crippen LogP contribution in [-0.4, -0.2) is 30.4 Å². The molecule has 3 aromatic rings. The van der Waals surface area contributed by atoms with E-state index in [1.165, 1.54) is 4.31 Å². The van der Waals surface area contributed by atoms with Crippen LogP contribution in [0.4, 0.5) is 0 Å². The van der Waals surface area contributed by atoms with Crippen molar-refractivity contribution >= 4 is 26.9 Å². The molecule has 0 saturated carbocycles. The molecule has 7 heteroatoms. The third-order valence-corrected chi connectivity index (χ3v) is 7.29. The van der Waals surface area contributed by atoms with Crippen LogP contribution in [-0.2, 0) is 27.8 Å². The standard InChI is InChI=1S/C22H24N2O4S/c1-3-29(26,27)24-14-18-10-5-4-8-16(18)12-19(24)22(25)23-15(2)21-13-17-9-6-7-11-20(17)28-21/h4-11,13,15,19H,3,12,14H2,1-2H3,(H,23,25). The van der Waals surface area contributed by atoms with E-state index in [1.807, 2.05) is 61.5 Å². The Bertz CT molecular complexity index is 1120. The van der Waals surface area contributed by atoms with Crippen LogP contribution in [0, 0.1) is 0 Å². The molecule has 0 aliphatic carbocycles. The molecule has 2 unspecified atom stereocenters. The summed E-state index contributed by atoms with van der Waals surface area (Å²) in [6.07, 6.45) is 0.355. The first-order valence-corrected chi connectivity index (χ1v) is 11.3. The summed E-state index contributed by atoms with van der Waals surface area (Å²) in [6.45, 7) is 3.65. The molecule has 0 saturated heterocycles. The lowest BCUT2D eigenvalue weighted by Gasteiger charge is -2.35. The molecule has 29 heavy (non-hydrogen) atoms. The fourth-order valence-corrected chi connectivity index (χ4v) is 5.00. The van der Waals surface area contributed by atoms with Crippen LogP contribution >= 0.6 is 0 Å². The van der Waals surface area contributed by atoms with Gasteiger partial charge in [0.15, 0.2) is 0 Å². The Balaban J connectivity index is 1.59. The summed E-state index contributed by atoms with van der Waals surface area (Å²) >= 11 is 0. The second-order valence-electron chi connectivity index (χ2n) is 7.35. The fraction of sp³-hybridized carbons (Fsp3) is 0.318. The van der Waals surface area contributed by atoms with E-state index in [0.717, 1.165) is 22.1 Å². The van der Waals surface area contributed by atoms with Gasteiger partial charge in [-0.3, -0.25) is 4.79 Å². The van der Waals surface area contributed by atoms with Gasteiger partial charge in [-0.2, -0.15) is 4.31 Å². The first kappa shape index (κ1) is 19.7. The predicted octanol–water partition coefficient (Wildman–Crippen LogP) is 3.39. The van der Waals surface area contributed by atoms with Crippen LogP contribution in [0.5, 0.6) is 0 Å². The highest BCUT2D eigenvalue weighted by molar-refractivity contribution is 7.89. The number of carbonyl (C=O) groups excluding carboxylic acids is 1. The average Bonchev–Trinajstić information content (AvgIpc) is 3.17. The molecule has 1 amide bonds. The second-order valence-corrected chi connectivity index (χ2v) is 9.56. The van der Waals surface area contributed by atoms with Crippen molar-refractivity contribution < 1.29 is 17.6 Å². The van der Waals surface area contributed by atoms with Gasteiger partial charge in [0, 0.05) is 11.9 Å². The van der Waals surface area contributed by atoms with Gasteiger partial charge in [-0.15, -0.1) is 0 Å². The quantitative estimate of drug-likeness (QED) is 0.697. The van der Waals surface area contributed by atoms with Gasteiger partial charge in [0.05, 0.1) is 11.8 Å². The molecular weight excluding hydrogens is 388 g/mol. The van der Waals surface area contributed by atoms with Crippen molar-refractivity contribution in [2.75, 3.05) is 5.75 Å². The van der Waals surface area contributed by atoms with Gasteiger partial charge in [0.2, 0.25) is 15.9 Å². The number of hydrogen-bond acceptors (Lipinski definition) is 4. The Morgan fingerprint density at radius 3 is 2.59 bits per heavy atom. The number of nitrogens with zero attached hydrogens (tertiary/aromatic N) is 1. The Morgan fingerprint density at radius 2 is 1.86 bits per heavy atom. The van der Waals surface area contributed by atoms with E-state index in [0.29, 0.717) is 12.2 Å². The van der Waals surface area contributed by atoms with Crippen LogP contribution in [0.1, 0.15) is 36.8 Å². The molecule has 2 heterocycles. The molecule has 1 aliphatic heterocycles. The van der Waals surface area contributed by atoms with Gasteiger partial charge in [-0.05, 0) is 43.5 Å². The maximum Gasteiger partial charge on any atom is 0.239 e. The summed E-state index contributed by atoms with van der Waals surface area (Å²) < 4.78 is 32.5. The van der Waals surface area contributed by atoms with Gasteiger partial charge in [-0.1, -0.05) is 42.5 Å². The molecule has 0 radical (unpaired) electrons. The number of para-hydroxylation sites is 1. The largest absolute Gasteiger partial charge is 0.459 e. The minimum atomic E-state index is -3.53. The Hall–Kier alpha value is -2.64. The van der Waals surface area contributed by atoms with Crippen molar-refractivity contribution in [3.63, 3.8) is 0 Å². The lowest BCUT2D eigenvalue weighted by atomic mass is 9.95. The summed E-state index contributed by atoms with van der Waals surface area (Å²) in [7, 11) is -3.53. The number of hydrogen-bond donors (Lipinski definition) is 1. The molecule has 0 spiro atoms. The summed E-state index contributed by atoms with van der Waals surface area (Å²) in [5, 5.41) is 3.91. The molecule has 0 fully saturated rings. The normalized spacial score (nSPS) is 18.3. The summed E-state index contributed by atoms with van der Waals surface area (Å²) in [5.74, 6) is 0.281. The van der Waals surface area contributed by atoms with Crippen molar-refractivity contribution in [3.05, 3.63) is 71.5 Å². The zero-order valence-corrected chi connectivity index (χ0v) is 17.3. The number of fused-ring (bicyclic) bond motifs is 2. The van der Waals surface area contributed by atoms with E-state index in [9.17, 15) is 13.2 Å². The molecule has 2 atom stereocenters. The third-order valence-electron chi connectivity index (χ3n) is 5.46. The Kier molecular flexibility index (Phi) is 5.19. The van der Waals surface area contributed by atoms with Crippen LogP contribution in [0.3, 0.4) is 0 Å². The van der Waals surface area contributed by atoms with Gasteiger partial charge in [-0.25, -0.2) is 8.42 Å². The van der Waals surface area contributed by atoms with Crippen LogP contribution in [0.15, 0.2) is 59.0 Å². The summed E-state index contributed by atoms with van der Waals surface area (Å²) in [6, 6.07) is 16.1. The highest BCUT2D eigenvalue weighted by atomic mass is 32.2. The number of nitrogens with one attached hydrogen (secondary N) is 1. The maximum absolute atomic E-state index is 13.1. The van der Waals surface area contributed by atoms with E-state index in [-0.39, 0.29) is 24.2 Å². The number of sulfonamides is 1. The molecule has 1 aliphatic rings. The Morgan fingerprint density at radius 1 is 1.17 bits per heavy atom. The number of furan rings is 1. The topological polar surface area (TPSA) is 79.6 Å².